The lowest BCUT2D eigenvalue weighted by atomic mass is 9.93. The topological polar surface area (TPSA) is 119 Å². The monoisotopic (exact) mass is 510 g/mol. The van der Waals surface area contributed by atoms with Gasteiger partial charge in [0.2, 0.25) is 11.4 Å². The van der Waals surface area contributed by atoms with Gasteiger partial charge in [0.15, 0.2) is 0 Å². The lowest BCUT2D eigenvalue weighted by Gasteiger charge is -2.28. The molecule has 0 aromatic heterocycles. The van der Waals surface area contributed by atoms with Crippen molar-refractivity contribution in [1.82, 2.24) is 5.32 Å². The van der Waals surface area contributed by atoms with Crippen LogP contribution in [0.5, 0.6) is 0 Å². The summed E-state index contributed by atoms with van der Waals surface area (Å²) >= 11 is 0. The molecule has 36 heavy (non-hydrogen) atoms. The van der Waals surface area contributed by atoms with Gasteiger partial charge >= 0.3 is 11.9 Å². The molecule has 7 heteroatoms. The number of ether oxygens (including phenoxy) is 1. The fraction of sp³-hybridized carbons (Fsp3) is 0.828. The van der Waals surface area contributed by atoms with Crippen molar-refractivity contribution < 1.29 is 24.2 Å². The number of carboxylic acid groups (broad SMARTS) is 1. The number of amides is 1. The number of esters is 1. The van der Waals surface area contributed by atoms with Crippen molar-refractivity contribution in [1.29, 1.82) is 0 Å². The first-order chi connectivity index (χ1) is 17.0. The van der Waals surface area contributed by atoms with Gasteiger partial charge in [0.05, 0.1) is 0 Å². The van der Waals surface area contributed by atoms with Gasteiger partial charge in [-0.25, -0.2) is 9.59 Å². The molecule has 7 nitrogen and oxygen atoms in total. The van der Waals surface area contributed by atoms with E-state index in [4.69, 9.17) is 10.5 Å². The minimum Gasteiger partial charge on any atom is -0.479 e. The Balaban J connectivity index is 3.73. The van der Waals surface area contributed by atoms with E-state index in [0.717, 1.165) is 25.7 Å². The Morgan fingerprint density at radius 1 is 0.806 bits per heavy atom. The number of allylic oxidation sites excluding steroid dienone is 2. The summed E-state index contributed by atoms with van der Waals surface area (Å²) in [6, 6.07) is 0. The van der Waals surface area contributed by atoms with E-state index in [9.17, 15) is 19.5 Å². The summed E-state index contributed by atoms with van der Waals surface area (Å²) in [7, 11) is 0. The summed E-state index contributed by atoms with van der Waals surface area (Å²) in [4.78, 5) is 35.8. The van der Waals surface area contributed by atoms with Gasteiger partial charge in [0.1, 0.15) is 5.60 Å². The number of carboxylic acids is 1. The summed E-state index contributed by atoms with van der Waals surface area (Å²) < 4.78 is 5.16. The average molecular weight is 511 g/mol. The number of hydrogen-bond donors (Lipinski definition) is 3. The summed E-state index contributed by atoms with van der Waals surface area (Å²) in [5, 5.41) is 12.3. The van der Waals surface area contributed by atoms with Gasteiger partial charge < -0.3 is 20.9 Å². The largest absolute Gasteiger partial charge is 0.479 e. The van der Waals surface area contributed by atoms with Gasteiger partial charge in [-0.05, 0) is 72.1 Å². The van der Waals surface area contributed by atoms with E-state index >= 15 is 0 Å². The molecule has 0 aliphatic heterocycles. The summed E-state index contributed by atoms with van der Waals surface area (Å²) in [6.45, 7) is 7.68. The molecule has 0 aliphatic rings. The van der Waals surface area contributed by atoms with Gasteiger partial charge in [-0.2, -0.15) is 0 Å². The summed E-state index contributed by atoms with van der Waals surface area (Å²) in [5.41, 5.74) is 2.96. The fourth-order valence-electron chi connectivity index (χ4n) is 3.87. The van der Waals surface area contributed by atoms with Crippen molar-refractivity contribution in [2.45, 2.75) is 148 Å². The van der Waals surface area contributed by atoms with Crippen LogP contribution in [0.25, 0.3) is 0 Å². The van der Waals surface area contributed by atoms with E-state index < -0.39 is 23.1 Å². The van der Waals surface area contributed by atoms with E-state index in [0.29, 0.717) is 25.8 Å². The van der Waals surface area contributed by atoms with E-state index in [1.807, 2.05) is 0 Å². The molecule has 0 aromatic carbocycles. The van der Waals surface area contributed by atoms with Crippen molar-refractivity contribution in [3.05, 3.63) is 12.2 Å². The molecule has 0 spiro atoms. The molecule has 0 unspecified atom stereocenters. The Bertz CT molecular complexity index is 642. The maximum absolute atomic E-state index is 12.2. The SMILES string of the molecule is CCCCCCCC/C=C\CCCCCCCC(=O)NCCCC[C@](N)(C(=O)O)C(=O)OC(C)(C)C. The molecule has 0 rings (SSSR count). The smallest absolute Gasteiger partial charge is 0.338 e. The second-order valence-corrected chi connectivity index (χ2v) is 10.9. The Morgan fingerprint density at radius 2 is 1.33 bits per heavy atom. The van der Waals surface area contributed by atoms with E-state index in [2.05, 4.69) is 24.4 Å². The molecule has 4 N–H and O–H groups in total. The third-order valence-electron chi connectivity index (χ3n) is 6.13. The summed E-state index contributed by atoms with van der Waals surface area (Å²) in [6.07, 6.45) is 22.0. The van der Waals surface area contributed by atoms with Crippen molar-refractivity contribution in [3.63, 3.8) is 0 Å². The first kappa shape index (κ1) is 34.1. The number of unbranched alkanes of at least 4 members (excludes halogenated alkanes) is 12. The van der Waals surface area contributed by atoms with Crippen molar-refractivity contribution in [2.75, 3.05) is 6.54 Å². The van der Waals surface area contributed by atoms with Crippen LogP contribution in [0.1, 0.15) is 137 Å². The molecule has 0 heterocycles. The van der Waals surface area contributed by atoms with Crippen LogP contribution in [-0.4, -0.2) is 40.6 Å². The Hall–Kier alpha value is -1.89. The lowest BCUT2D eigenvalue weighted by Crippen LogP contribution is -2.57. The lowest BCUT2D eigenvalue weighted by molar-refractivity contribution is -0.169. The number of aliphatic carboxylic acids is 1. The normalized spacial score (nSPS) is 13.5. The van der Waals surface area contributed by atoms with Crippen LogP contribution < -0.4 is 11.1 Å². The van der Waals surface area contributed by atoms with Crippen LogP contribution >= 0.6 is 0 Å². The first-order valence-corrected chi connectivity index (χ1v) is 14.2. The van der Waals surface area contributed by atoms with Crippen LogP contribution in [0.4, 0.5) is 0 Å². The number of nitrogens with two attached hydrogens (primary N) is 1. The molecule has 0 aliphatic carbocycles. The molecule has 1 amide bonds. The van der Waals surface area contributed by atoms with Crippen molar-refractivity contribution >= 4 is 17.8 Å². The van der Waals surface area contributed by atoms with Crippen LogP contribution in [-0.2, 0) is 19.1 Å². The van der Waals surface area contributed by atoms with Crippen LogP contribution in [0.15, 0.2) is 12.2 Å². The highest BCUT2D eigenvalue weighted by Crippen LogP contribution is 2.18. The zero-order chi connectivity index (χ0) is 27.3. The van der Waals surface area contributed by atoms with Crippen LogP contribution in [0, 0.1) is 0 Å². The maximum Gasteiger partial charge on any atom is 0.338 e. The van der Waals surface area contributed by atoms with Crippen LogP contribution in [0.3, 0.4) is 0 Å². The standard InChI is InChI=1S/C29H54N2O5/c1-5-6-7-8-9-10-11-12-13-14-15-16-17-18-19-22-25(32)31-24-21-20-23-29(30,26(33)34)27(35)36-28(2,3)4/h12-13H,5-11,14-24,30H2,1-4H3,(H,31,32)(H,33,34)/b13-12-/t29-/m0/s1. The quantitative estimate of drug-likeness (QED) is 0.0668. The third-order valence-corrected chi connectivity index (χ3v) is 6.13. The Kier molecular flexibility index (Phi) is 19.1. The molecule has 0 bridgehead atoms. The molecular weight excluding hydrogens is 456 g/mol. The molecule has 0 saturated carbocycles. The zero-order valence-corrected chi connectivity index (χ0v) is 23.5. The predicted molar refractivity (Wildman–Crippen MR) is 147 cm³/mol. The van der Waals surface area contributed by atoms with Gasteiger partial charge in [-0.15, -0.1) is 0 Å². The maximum atomic E-state index is 12.2. The minimum absolute atomic E-state index is 0.0111. The molecule has 0 fully saturated rings. The fourth-order valence-corrected chi connectivity index (χ4v) is 3.87. The minimum atomic E-state index is -2.07. The van der Waals surface area contributed by atoms with Gasteiger partial charge in [-0.3, -0.25) is 4.79 Å². The molecule has 0 aromatic rings. The molecule has 1 atom stereocenters. The van der Waals surface area contributed by atoms with E-state index in [1.165, 1.54) is 57.8 Å². The van der Waals surface area contributed by atoms with Crippen molar-refractivity contribution in [3.8, 4) is 0 Å². The molecule has 0 saturated heterocycles. The van der Waals surface area contributed by atoms with E-state index in [1.54, 1.807) is 20.8 Å². The van der Waals surface area contributed by atoms with Crippen molar-refractivity contribution in [2.24, 2.45) is 5.73 Å². The average Bonchev–Trinajstić information content (AvgIpc) is 2.79. The number of carbonyl (C=O) groups is 3. The van der Waals surface area contributed by atoms with Gasteiger partial charge in [0.25, 0.3) is 0 Å². The summed E-state index contributed by atoms with van der Waals surface area (Å²) in [5.74, 6) is -2.32. The molecular formula is C29H54N2O5. The third kappa shape index (κ3) is 18.4. The highest BCUT2D eigenvalue weighted by Gasteiger charge is 2.44. The molecule has 210 valence electrons. The number of rotatable bonds is 22. The Morgan fingerprint density at radius 3 is 1.86 bits per heavy atom. The number of nitrogens with one attached hydrogen (secondary N) is 1. The zero-order valence-electron chi connectivity index (χ0n) is 23.5. The van der Waals surface area contributed by atoms with Crippen LogP contribution in [0.2, 0.25) is 0 Å². The van der Waals surface area contributed by atoms with Gasteiger partial charge in [0, 0.05) is 13.0 Å². The second kappa shape index (κ2) is 20.2. The highest BCUT2D eigenvalue weighted by atomic mass is 16.6. The number of hydrogen-bond acceptors (Lipinski definition) is 5. The Labute approximate surface area is 220 Å². The van der Waals surface area contributed by atoms with Gasteiger partial charge in [-0.1, -0.05) is 70.4 Å². The second-order valence-electron chi connectivity index (χ2n) is 10.9. The first-order valence-electron chi connectivity index (χ1n) is 14.2. The van der Waals surface area contributed by atoms with E-state index in [-0.39, 0.29) is 12.3 Å². The highest BCUT2D eigenvalue weighted by molar-refractivity contribution is 6.03. The molecule has 0 radical (unpaired) electrons. The number of carbonyl (C=O) groups excluding carboxylic acids is 2. The predicted octanol–water partition coefficient (Wildman–Crippen LogP) is 6.43.